The zero-order chi connectivity index (χ0) is 18.0. The van der Waals surface area contributed by atoms with E-state index in [1.54, 1.807) is 29.2 Å². The van der Waals surface area contributed by atoms with E-state index < -0.39 is 5.91 Å². The van der Waals surface area contributed by atoms with E-state index in [0.29, 0.717) is 13.1 Å². The second kappa shape index (κ2) is 7.25. The number of carbonyl (C=O) groups is 1. The van der Waals surface area contributed by atoms with Crippen LogP contribution in [-0.4, -0.2) is 25.5 Å². The third kappa shape index (κ3) is 4.00. The van der Waals surface area contributed by atoms with Gasteiger partial charge in [-0.3, -0.25) is 14.2 Å². The van der Waals surface area contributed by atoms with Crippen molar-refractivity contribution in [3.63, 3.8) is 0 Å². The average Bonchev–Trinajstić information content (AvgIpc) is 3.10. The Labute approximate surface area is 153 Å². The third-order valence-electron chi connectivity index (χ3n) is 3.44. The van der Waals surface area contributed by atoms with Gasteiger partial charge in [0.25, 0.3) is 5.91 Å². The Morgan fingerprint density at radius 1 is 1.20 bits per heavy atom. The molecule has 3 aromatic rings. The highest BCUT2D eigenvalue weighted by molar-refractivity contribution is 6.35. The Kier molecular flexibility index (Phi) is 5.06. The summed E-state index contributed by atoms with van der Waals surface area (Å²) in [5.74, 6) is -0.647. The fourth-order valence-corrected chi connectivity index (χ4v) is 2.70. The largest absolute Gasteiger partial charge is 0.302 e. The monoisotopic (exact) mass is 381 g/mol. The second-order valence-electron chi connectivity index (χ2n) is 5.29. The summed E-state index contributed by atoms with van der Waals surface area (Å²) in [6, 6.07) is 6.16. The standard InChI is InChI=1S/C16H14Cl2FN5O/c1-2-23-8-12(17)14(21-23)16(25)20-15-13(18)9-24(22-15)7-10-4-3-5-11(19)6-10/h3-6,8-9H,2,7H2,1H3,(H,20,22,25). The summed E-state index contributed by atoms with van der Waals surface area (Å²) in [5, 5.41) is 11.4. The maximum absolute atomic E-state index is 13.2. The smallest absolute Gasteiger partial charge is 0.278 e. The average molecular weight is 382 g/mol. The van der Waals surface area contributed by atoms with Crippen molar-refractivity contribution in [3.8, 4) is 0 Å². The molecule has 0 saturated heterocycles. The van der Waals surface area contributed by atoms with Crippen LogP contribution in [0.3, 0.4) is 0 Å². The number of anilines is 1. The van der Waals surface area contributed by atoms with Crippen LogP contribution in [0, 0.1) is 5.82 Å². The molecular weight excluding hydrogens is 368 g/mol. The van der Waals surface area contributed by atoms with Gasteiger partial charge in [-0.05, 0) is 24.6 Å². The number of aromatic nitrogens is 4. The van der Waals surface area contributed by atoms with Gasteiger partial charge in [0.2, 0.25) is 0 Å². The first-order chi connectivity index (χ1) is 12.0. The molecule has 0 atom stereocenters. The van der Waals surface area contributed by atoms with Crippen molar-refractivity contribution < 1.29 is 9.18 Å². The SMILES string of the molecule is CCn1cc(Cl)c(C(=O)Nc2nn(Cc3cccc(F)c3)cc2Cl)n1. The van der Waals surface area contributed by atoms with E-state index in [2.05, 4.69) is 15.5 Å². The molecule has 0 bridgehead atoms. The van der Waals surface area contributed by atoms with Crippen molar-refractivity contribution in [1.82, 2.24) is 19.6 Å². The molecular formula is C16H14Cl2FN5O. The van der Waals surface area contributed by atoms with E-state index >= 15 is 0 Å². The van der Waals surface area contributed by atoms with Gasteiger partial charge in [0, 0.05) is 18.9 Å². The number of nitrogens with one attached hydrogen (secondary N) is 1. The maximum atomic E-state index is 13.2. The highest BCUT2D eigenvalue weighted by Crippen LogP contribution is 2.22. The van der Waals surface area contributed by atoms with Crippen molar-refractivity contribution in [2.45, 2.75) is 20.0 Å². The van der Waals surface area contributed by atoms with Crippen LogP contribution in [0.2, 0.25) is 10.0 Å². The number of carbonyl (C=O) groups excluding carboxylic acids is 1. The lowest BCUT2D eigenvalue weighted by molar-refractivity contribution is 0.102. The number of rotatable bonds is 5. The first kappa shape index (κ1) is 17.4. The van der Waals surface area contributed by atoms with Gasteiger partial charge >= 0.3 is 0 Å². The molecule has 2 aromatic heterocycles. The predicted octanol–water partition coefficient (Wildman–Crippen LogP) is 3.85. The fraction of sp³-hybridized carbons (Fsp3) is 0.188. The van der Waals surface area contributed by atoms with Crippen LogP contribution >= 0.6 is 23.2 Å². The topological polar surface area (TPSA) is 64.7 Å². The van der Waals surface area contributed by atoms with Gasteiger partial charge < -0.3 is 5.32 Å². The Bertz CT molecular complexity index is 921. The van der Waals surface area contributed by atoms with Gasteiger partial charge in [-0.2, -0.15) is 10.2 Å². The second-order valence-corrected chi connectivity index (χ2v) is 6.10. The lowest BCUT2D eigenvalue weighted by atomic mass is 10.2. The van der Waals surface area contributed by atoms with E-state index in [4.69, 9.17) is 23.2 Å². The summed E-state index contributed by atoms with van der Waals surface area (Å²) in [5.41, 5.74) is 0.820. The maximum Gasteiger partial charge on any atom is 0.278 e. The minimum Gasteiger partial charge on any atom is -0.302 e. The lowest BCUT2D eigenvalue weighted by Crippen LogP contribution is -2.15. The van der Waals surface area contributed by atoms with Crippen molar-refractivity contribution >= 4 is 34.9 Å². The molecule has 0 saturated carbocycles. The quantitative estimate of drug-likeness (QED) is 0.729. The molecule has 3 rings (SSSR count). The number of halogens is 3. The fourth-order valence-electron chi connectivity index (χ4n) is 2.26. The molecule has 1 amide bonds. The van der Waals surface area contributed by atoms with Crippen LogP contribution in [0.15, 0.2) is 36.7 Å². The predicted molar refractivity (Wildman–Crippen MR) is 93.6 cm³/mol. The molecule has 9 heteroatoms. The number of hydrogen-bond donors (Lipinski definition) is 1. The molecule has 0 spiro atoms. The number of amides is 1. The first-order valence-electron chi connectivity index (χ1n) is 7.48. The van der Waals surface area contributed by atoms with Crippen molar-refractivity contribution in [2.75, 3.05) is 5.32 Å². The molecule has 0 fully saturated rings. The third-order valence-corrected chi connectivity index (χ3v) is 3.99. The molecule has 6 nitrogen and oxygen atoms in total. The van der Waals surface area contributed by atoms with E-state index in [0.717, 1.165) is 5.56 Å². The molecule has 0 unspecified atom stereocenters. The molecule has 130 valence electrons. The minimum absolute atomic E-state index is 0.0965. The van der Waals surface area contributed by atoms with Crippen molar-refractivity contribution in [2.24, 2.45) is 0 Å². The van der Waals surface area contributed by atoms with E-state index in [1.807, 2.05) is 6.92 Å². The molecule has 0 aliphatic rings. The zero-order valence-corrected chi connectivity index (χ0v) is 14.7. The number of benzene rings is 1. The van der Waals surface area contributed by atoms with E-state index in [1.165, 1.54) is 16.8 Å². The number of hydrogen-bond acceptors (Lipinski definition) is 3. The van der Waals surface area contributed by atoms with Crippen LogP contribution in [0.4, 0.5) is 10.2 Å². The Morgan fingerprint density at radius 3 is 2.64 bits per heavy atom. The van der Waals surface area contributed by atoms with Gasteiger partial charge in [-0.15, -0.1) is 0 Å². The summed E-state index contributed by atoms with van der Waals surface area (Å²) in [4.78, 5) is 12.3. The molecule has 0 aliphatic carbocycles. The van der Waals surface area contributed by atoms with Crippen LogP contribution < -0.4 is 5.32 Å². The number of nitrogens with zero attached hydrogens (tertiary/aromatic N) is 4. The van der Waals surface area contributed by atoms with E-state index in [9.17, 15) is 9.18 Å². The van der Waals surface area contributed by atoms with Crippen LogP contribution in [0.5, 0.6) is 0 Å². The van der Waals surface area contributed by atoms with Gasteiger partial charge in [0.05, 0.1) is 11.6 Å². The van der Waals surface area contributed by atoms with Crippen LogP contribution in [0.1, 0.15) is 23.0 Å². The summed E-state index contributed by atoms with van der Waals surface area (Å²) in [6.07, 6.45) is 3.12. The van der Waals surface area contributed by atoms with Crippen molar-refractivity contribution in [3.05, 3.63) is 63.8 Å². The molecule has 0 radical (unpaired) electrons. The van der Waals surface area contributed by atoms with Crippen molar-refractivity contribution in [1.29, 1.82) is 0 Å². The Morgan fingerprint density at radius 2 is 1.96 bits per heavy atom. The summed E-state index contributed by atoms with van der Waals surface area (Å²) in [6.45, 7) is 2.80. The minimum atomic E-state index is -0.505. The van der Waals surface area contributed by atoms with Gasteiger partial charge in [0.15, 0.2) is 11.5 Å². The van der Waals surface area contributed by atoms with Gasteiger partial charge in [-0.1, -0.05) is 35.3 Å². The Balaban J connectivity index is 1.76. The highest BCUT2D eigenvalue weighted by atomic mass is 35.5. The lowest BCUT2D eigenvalue weighted by Gasteiger charge is -2.02. The summed E-state index contributed by atoms with van der Waals surface area (Å²) in [7, 11) is 0. The first-order valence-corrected chi connectivity index (χ1v) is 8.23. The summed E-state index contributed by atoms with van der Waals surface area (Å²) < 4.78 is 16.3. The molecule has 1 N–H and O–H groups in total. The molecule has 2 heterocycles. The van der Waals surface area contributed by atoms with Gasteiger partial charge in [-0.25, -0.2) is 4.39 Å². The molecule has 25 heavy (non-hydrogen) atoms. The van der Waals surface area contributed by atoms with Crippen LogP contribution in [0.25, 0.3) is 0 Å². The highest BCUT2D eigenvalue weighted by Gasteiger charge is 2.18. The Hall–Kier alpha value is -2.38. The number of aryl methyl sites for hydroxylation is 1. The summed E-state index contributed by atoms with van der Waals surface area (Å²) >= 11 is 12.1. The van der Waals surface area contributed by atoms with Crippen LogP contribution in [-0.2, 0) is 13.1 Å². The normalized spacial score (nSPS) is 10.9. The van der Waals surface area contributed by atoms with Gasteiger partial charge in [0.1, 0.15) is 10.8 Å². The zero-order valence-electron chi connectivity index (χ0n) is 13.2. The van der Waals surface area contributed by atoms with E-state index in [-0.39, 0.29) is 27.4 Å². The molecule has 0 aliphatic heterocycles. The molecule has 1 aromatic carbocycles.